The second kappa shape index (κ2) is 4.12. The molecule has 0 fully saturated rings. The Labute approximate surface area is 90.0 Å². The van der Waals surface area contributed by atoms with Crippen LogP contribution in [-0.2, 0) is 6.42 Å². The minimum atomic E-state index is -0.00421. The Morgan fingerprint density at radius 2 is 2.43 bits per heavy atom. The smallest absolute Gasteiger partial charge is 0.0794 e. The zero-order chi connectivity index (χ0) is 9.97. The molecule has 0 saturated carbocycles. The maximum absolute atomic E-state index is 6.04. The van der Waals surface area contributed by atoms with Gasteiger partial charge in [-0.1, -0.05) is 4.49 Å². The number of nitrogens with zero attached hydrogens (tertiary/aromatic N) is 3. The van der Waals surface area contributed by atoms with E-state index in [4.69, 9.17) is 5.73 Å². The van der Waals surface area contributed by atoms with Crippen molar-refractivity contribution in [1.82, 2.24) is 14.6 Å². The Morgan fingerprint density at radius 3 is 3.00 bits per heavy atom. The molecule has 0 bridgehead atoms. The summed E-state index contributed by atoms with van der Waals surface area (Å²) in [6.07, 6.45) is 2.67. The summed E-state index contributed by atoms with van der Waals surface area (Å²) < 4.78 is 3.87. The Morgan fingerprint density at radius 1 is 1.57 bits per heavy atom. The third kappa shape index (κ3) is 1.97. The molecule has 0 amide bonds. The largest absolute Gasteiger partial charge is 0.323 e. The molecule has 4 nitrogen and oxygen atoms in total. The van der Waals surface area contributed by atoms with Crippen molar-refractivity contribution in [3.8, 4) is 0 Å². The number of aromatic nitrogens is 3. The number of hydrogen-bond donors (Lipinski definition) is 1. The number of thiazole rings is 1. The van der Waals surface area contributed by atoms with E-state index in [0.717, 1.165) is 17.0 Å². The summed E-state index contributed by atoms with van der Waals surface area (Å²) >= 11 is 3.00. The third-order valence-electron chi connectivity index (χ3n) is 1.93. The van der Waals surface area contributed by atoms with E-state index in [1.54, 1.807) is 11.3 Å². The lowest BCUT2D eigenvalue weighted by Crippen LogP contribution is -2.12. The van der Waals surface area contributed by atoms with Gasteiger partial charge in [-0.05, 0) is 18.5 Å². The minimum absolute atomic E-state index is 0.00421. The number of aryl methyl sites for hydroxylation is 1. The molecule has 6 heteroatoms. The van der Waals surface area contributed by atoms with Crippen LogP contribution in [0.4, 0.5) is 0 Å². The van der Waals surface area contributed by atoms with Gasteiger partial charge in [-0.3, -0.25) is 4.98 Å². The van der Waals surface area contributed by atoms with Gasteiger partial charge in [0, 0.05) is 23.5 Å². The summed E-state index contributed by atoms with van der Waals surface area (Å²) in [6.45, 7) is 1.94. The zero-order valence-electron chi connectivity index (χ0n) is 7.67. The molecule has 0 radical (unpaired) electrons. The quantitative estimate of drug-likeness (QED) is 0.862. The molecule has 14 heavy (non-hydrogen) atoms. The molecule has 0 aromatic carbocycles. The van der Waals surface area contributed by atoms with Crippen LogP contribution in [0.1, 0.15) is 21.5 Å². The van der Waals surface area contributed by atoms with Gasteiger partial charge in [0.1, 0.15) is 0 Å². The summed E-state index contributed by atoms with van der Waals surface area (Å²) in [5.74, 6) is 0. The van der Waals surface area contributed by atoms with E-state index in [1.165, 1.54) is 16.4 Å². The van der Waals surface area contributed by atoms with Gasteiger partial charge in [-0.15, -0.1) is 16.4 Å². The second-order valence-corrected chi connectivity index (χ2v) is 4.76. The van der Waals surface area contributed by atoms with Crippen molar-refractivity contribution >= 4 is 22.9 Å². The first-order chi connectivity index (χ1) is 6.77. The Hall–Kier alpha value is -0.850. The Kier molecular flexibility index (Phi) is 2.85. The molecule has 1 atom stereocenters. The van der Waals surface area contributed by atoms with Crippen LogP contribution in [0, 0.1) is 6.92 Å². The highest BCUT2D eigenvalue weighted by Crippen LogP contribution is 2.22. The van der Waals surface area contributed by atoms with Gasteiger partial charge in [0.05, 0.1) is 16.1 Å². The fourth-order valence-corrected chi connectivity index (χ4v) is 2.53. The van der Waals surface area contributed by atoms with Crippen LogP contribution >= 0.6 is 22.9 Å². The minimum Gasteiger partial charge on any atom is -0.323 e. The van der Waals surface area contributed by atoms with Crippen LogP contribution in [-0.4, -0.2) is 14.6 Å². The molecular weight excluding hydrogens is 216 g/mol. The van der Waals surface area contributed by atoms with Gasteiger partial charge in [0.25, 0.3) is 0 Å². The van der Waals surface area contributed by atoms with Gasteiger partial charge >= 0.3 is 0 Å². The van der Waals surface area contributed by atoms with E-state index in [1.807, 2.05) is 18.6 Å². The SMILES string of the molecule is Cc1nnsc1C(N)Cc1cncs1. The first kappa shape index (κ1) is 9.70. The molecule has 2 aromatic rings. The molecule has 74 valence electrons. The molecule has 0 aliphatic rings. The van der Waals surface area contributed by atoms with Crippen molar-refractivity contribution in [2.75, 3.05) is 0 Å². The fraction of sp³-hybridized carbons (Fsp3) is 0.375. The molecule has 2 heterocycles. The standard InChI is InChI=1S/C8H10N4S2/c1-5-8(14-12-11-5)7(9)2-6-3-10-4-13-6/h3-4,7H,2,9H2,1H3. The van der Waals surface area contributed by atoms with Crippen molar-refractivity contribution in [2.45, 2.75) is 19.4 Å². The molecular formula is C8H10N4S2. The van der Waals surface area contributed by atoms with Crippen LogP contribution < -0.4 is 5.73 Å². The van der Waals surface area contributed by atoms with E-state index in [0.29, 0.717) is 0 Å². The molecule has 1 unspecified atom stereocenters. The van der Waals surface area contributed by atoms with Crippen LogP contribution in [0.5, 0.6) is 0 Å². The highest BCUT2D eigenvalue weighted by molar-refractivity contribution is 7.09. The van der Waals surface area contributed by atoms with Gasteiger partial charge in [0.2, 0.25) is 0 Å². The predicted octanol–water partition coefficient (Wildman–Crippen LogP) is 1.55. The molecule has 0 saturated heterocycles. The average Bonchev–Trinajstić information content (AvgIpc) is 2.75. The first-order valence-electron chi connectivity index (χ1n) is 4.19. The summed E-state index contributed by atoms with van der Waals surface area (Å²) in [5, 5.41) is 3.94. The summed E-state index contributed by atoms with van der Waals surface area (Å²) in [4.78, 5) is 6.28. The van der Waals surface area contributed by atoms with Crippen molar-refractivity contribution in [3.05, 3.63) is 27.2 Å². The van der Waals surface area contributed by atoms with Crippen LogP contribution in [0.2, 0.25) is 0 Å². The van der Waals surface area contributed by atoms with Gasteiger partial charge in [0.15, 0.2) is 0 Å². The monoisotopic (exact) mass is 226 g/mol. The Balaban J connectivity index is 2.10. The molecule has 2 aromatic heterocycles. The maximum Gasteiger partial charge on any atom is 0.0794 e. The van der Waals surface area contributed by atoms with Crippen molar-refractivity contribution in [2.24, 2.45) is 5.73 Å². The van der Waals surface area contributed by atoms with E-state index in [9.17, 15) is 0 Å². The number of rotatable bonds is 3. The molecule has 0 spiro atoms. The molecule has 2 N–H and O–H groups in total. The third-order valence-corrected chi connectivity index (χ3v) is 3.69. The lowest BCUT2D eigenvalue weighted by atomic mass is 10.1. The summed E-state index contributed by atoms with van der Waals surface area (Å²) in [5.41, 5.74) is 8.80. The second-order valence-electron chi connectivity index (χ2n) is 3.00. The molecule has 2 rings (SSSR count). The maximum atomic E-state index is 6.04. The molecule has 0 aliphatic heterocycles. The molecule has 0 aliphatic carbocycles. The Bertz CT molecular complexity index is 395. The van der Waals surface area contributed by atoms with Gasteiger partial charge in [-0.25, -0.2) is 0 Å². The highest BCUT2D eigenvalue weighted by atomic mass is 32.1. The summed E-state index contributed by atoms with van der Waals surface area (Å²) in [7, 11) is 0. The number of nitrogens with two attached hydrogens (primary N) is 1. The lowest BCUT2D eigenvalue weighted by Gasteiger charge is -2.06. The average molecular weight is 226 g/mol. The van der Waals surface area contributed by atoms with E-state index < -0.39 is 0 Å². The van der Waals surface area contributed by atoms with Gasteiger partial charge < -0.3 is 5.73 Å². The van der Waals surface area contributed by atoms with Crippen molar-refractivity contribution < 1.29 is 0 Å². The normalized spacial score (nSPS) is 13.0. The zero-order valence-corrected chi connectivity index (χ0v) is 9.31. The van der Waals surface area contributed by atoms with E-state index in [-0.39, 0.29) is 6.04 Å². The summed E-state index contributed by atoms with van der Waals surface area (Å²) in [6, 6.07) is -0.00421. The predicted molar refractivity (Wildman–Crippen MR) is 57.4 cm³/mol. The first-order valence-corrected chi connectivity index (χ1v) is 5.84. The van der Waals surface area contributed by atoms with Crippen LogP contribution in [0.25, 0.3) is 0 Å². The number of hydrogen-bond acceptors (Lipinski definition) is 6. The van der Waals surface area contributed by atoms with E-state index >= 15 is 0 Å². The van der Waals surface area contributed by atoms with E-state index in [2.05, 4.69) is 14.6 Å². The topological polar surface area (TPSA) is 64.7 Å². The van der Waals surface area contributed by atoms with Crippen LogP contribution in [0.15, 0.2) is 11.7 Å². The highest BCUT2D eigenvalue weighted by Gasteiger charge is 2.13. The van der Waals surface area contributed by atoms with Crippen molar-refractivity contribution in [1.29, 1.82) is 0 Å². The van der Waals surface area contributed by atoms with Crippen molar-refractivity contribution in [3.63, 3.8) is 0 Å². The van der Waals surface area contributed by atoms with Crippen LogP contribution in [0.3, 0.4) is 0 Å². The fourth-order valence-electron chi connectivity index (χ4n) is 1.23. The van der Waals surface area contributed by atoms with Gasteiger partial charge in [-0.2, -0.15) is 0 Å². The lowest BCUT2D eigenvalue weighted by molar-refractivity contribution is 0.735.